The smallest absolute Gasteiger partial charge is 0.261 e. The number of fused-ring (bicyclic) bond motifs is 3. The van der Waals surface area contributed by atoms with E-state index < -0.39 is 11.7 Å². The minimum absolute atomic E-state index is 0.105. The number of hydrogen-bond acceptors (Lipinski definition) is 7. The van der Waals surface area contributed by atoms with Crippen molar-refractivity contribution in [2.24, 2.45) is 0 Å². The molecule has 2 aliphatic rings. The Morgan fingerprint density at radius 3 is 2.67 bits per heavy atom. The molecule has 0 spiro atoms. The van der Waals surface area contributed by atoms with E-state index in [1.807, 2.05) is 18.2 Å². The second-order valence-electron chi connectivity index (χ2n) is 8.88. The number of carbonyl (C=O) groups excluding carboxylic acids is 1. The van der Waals surface area contributed by atoms with E-state index in [1.165, 1.54) is 30.5 Å². The summed E-state index contributed by atoms with van der Waals surface area (Å²) in [4.78, 5) is 32.4. The lowest BCUT2D eigenvalue weighted by atomic mass is 10.0. The van der Waals surface area contributed by atoms with Crippen LogP contribution >= 0.6 is 11.6 Å². The highest BCUT2D eigenvalue weighted by Crippen LogP contribution is 2.38. The van der Waals surface area contributed by atoms with Crippen molar-refractivity contribution >= 4 is 34.1 Å². The van der Waals surface area contributed by atoms with Gasteiger partial charge in [0.25, 0.3) is 5.91 Å². The van der Waals surface area contributed by atoms with Gasteiger partial charge < -0.3 is 9.47 Å². The molecule has 36 heavy (non-hydrogen) atoms. The number of ether oxygens (including phenoxy) is 2. The van der Waals surface area contributed by atoms with Crippen LogP contribution < -0.4 is 9.64 Å². The van der Waals surface area contributed by atoms with Crippen molar-refractivity contribution in [3.05, 3.63) is 81.9 Å². The molecule has 4 heterocycles. The zero-order valence-corrected chi connectivity index (χ0v) is 20.1. The first-order chi connectivity index (χ1) is 17.5. The standard InChI is InChI=1S/C26H21ClFN5O3/c1-35-25-22(7-17(28)10-31-25)33(26(34)16-8-29-24(30-9-16)15-3-4-15)11-14-2-5-18-19-12-36-13-20(19)23(27)32-21(18)6-14/h2,5-10,15H,3-4,11-13H2,1H3. The topological polar surface area (TPSA) is 90.3 Å². The maximum Gasteiger partial charge on any atom is 0.261 e. The quantitative estimate of drug-likeness (QED) is 0.341. The Labute approximate surface area is 211 Å². The number of rotatable bonds is 6. The summed E-state index contributed by atoms with van der Waals surface area (Å²) in [5.41, 5.74) is 3.85. The van der Waals surface area contributed by atoms with E-state index in [4.69, 9.17) is 21.1 Å². The molecule has 8 nitrogen and oxygen atoms in total. The Hall–Kier alpha value is -3.69. The molecular formula is C26H21ClFN5O3. The van der Waals surface area contributed by atoms with Crippen LogP contribution in [0.3, 0.4) is 0 Å². The van der Waals surface area contributed by atoms with Gasteiger partial charge in [-0.05, 0) is 30.0 Å². The van der Waals surface area contributed by atoms with Crippen LogP contribution in [0, 0.1) is 5.82 Å². The minimum atomic E-state index is -0.591. The molecular weight excluding hydrogens is 485 g/mol. The van der Waals surface area contributed by atoms with Gasteiger partial charge in [-0.2, -0.15) is 0 Å². The van der Waals surface area contributed by atoms with Gasteiger partial charge in [0.2, 0.25) is 5.88 Å². The molecule has 0 unspecified atom stereocenters. The van der Waals surface area contributed by atoms with Gasteiger partial charge in [-0.25, -0.2) is 24.3 Å². The van der Waals surface area contributed by atoms with Gasteiger partial charge in [-0.1, -0.05) is 23.7 Å². The number of benzene rings is 1. The van der Waals surface area contributed by atoms with Crippen molar-refractivity contribution in [1.29, 1.82) is 0 Å². The lowest BCUT2D eigenvalue weighted by molar-refractivity contribution is 0.0983. The predicted molar refractivity (Wildman–Crippen MR) is 131 cm³/mol. The van der Waals surface area contributed by atoms with E-state index in [0.29, 0.717) is 29.8 Å². The molecule has 182 valence electrons. The van der Waals surface area contributed by atoms with Crippen molar-refractivity contribution in [2.45, 2.75) is 38.5 Å². The number of anilines is 1. The third-order valence-electron chi connectivity index (χ3n) is 6.44. The predicted octanol–water partition coefficient (Wildman–Crippen LogP) is 4.98. The number of pyridine rings is 2. The molecule has 1 aliphatic heterocycles. The van der Waals surface area contributed by atoms with Crippen LogP contribution in [0.1, 0.15) is 51.6 Å². The fraction of sp³-hybridized carbons (Fsp3) is 0.269. The molecule has 6 rings (SSSR count). The third kappa shape index (κ3) is 4.14. The molecule has 0 bridgehead atoms. The Bertz CT molecular complexity index is 1490. The van der Waals surface area contributed by atoms with Gasteiger partial charge in [0.1, 0.15) is 22.5 Å². The SMILES string of the molecule is COc1ncc(F)cc1N(Cc1ccc2c3c(c(Cl)nc2c1)COC3)C(=O)c1cnc(C2CC2)nc1. The molecule has 10 heteroatoms. The first-order valence-corrected chi connectivity index (χ1v) is 11.9. The van der Waals surface area contributed by atoms with Crippen molar-refractivity contribution in [3.63, 3.8) is 0 Å². The van der Waals surface area contributed by atoms with Crippen molar-refractivity contribution in [3.8, 4) is 5.88 Å². The molecule has 1 saturated carbocycles. The van der Waals surface area contributed by atoms with Gasteiger partial charge in [0, 0.05) is 35.3 Å². The highest BCUT2D eigenvalue weighted by molar-refractivity contribution is 6.30. The average molecular weight is 506 g/mol. The first-order valence-electron chi connectivity index (χ1n) is 11.5. The maximum absolute atomic E-state index is 14.3. The normalized spacial score (nSPS) is 14.6. The fourth-order valence-corrected chi connectivity index (χ4v) is 4.68. The summed E-state index contributed by atoms with van der Waals surface area (Å²) in [6.45, 7) is 1.02. The minimum Gasteiger partial charge on any atom is -0.480 e. The van der Waals surface area contributed by atoms with Gasteiger partial charge in [-0.15, -0.1) is 0 Å². The number of carbonyl (C=O) groups is 1. The van der Waals surface area contributed by atoms with Gasteiger partial charge >= 0.3 is 0 Å². The summed E-state index contributed by atoms with van der Waals surface area (Å²) in [7, 11) is 1.42. The van der Waals surface area contributed by atoms with Crippen LogP contribution in [0.25, 0.3) is 10.9 Å². The Morgan fingerprint density at radius 2 is 1.92 bits per heavy atom. The van der Waals surface area contributed by atoms with E-state index in [2.05, 4.69) is 19.9 Å². The van der Waals surface area contributed by atoms with E-state index in [-0.39, 0.29) is 23.7 Å². The summed E-state index contributed by atoms with van der Waals surface area (Å²) in [6, 6.07) is 6.94. The number of aromatic nitrogens is 4. The molecule has 1 amide bonds. The highest BCUT2D eigenvalue weighted by atomic mass is 35.5. The van der Waals surface area contributed by atoms with Crippen molar-refractivity contribution in [2.75, 3.05) is 12.0 Å². The fourth-order valence-electron chi connectivity index (χ4n) is 4.42. The second kappa shape index (κ2) is 9.07. The molecule has 1 aliphatic carbocycles. The zero-order valence-electron chi connectivity index (χ0n) is 19.4. The van der Waals surface area contributed by atoms with Gasteiger partial charge in [0.05, 0.1) is 44.1 Å². The largest absolute Gasteiger partial charge is 0.480 e. The van der Waals surface area contributed by atoms with Crippen LogP contribution in [0.4, 0.5) is 10.1 Å². The van der Waals surface area contributed by atoms with E-state index in [9.17, 15) is 9.18 Å². The molecule has 1 fully saturated rings. The van der Waals surface area contributed by atoms with Crippen LogP contribution in [0.5, 0.6) is 5.88 Å². The van der Waals surface area contributed by atoms with E-state index in [0.717, 1.165) is 46.9 Å². The second-order valence-corrected chi connectivity index (χ2v) is 9.24. The highest BCUT2D eigenvalue weighted by Gasteiger charge is 2.28. The molecule has 1 aromatic carbocycles. The lowest BCUT2D eigenvalue weighted by Crippen LogP contribution is -2.31. The number of hydrogen-bond donors (Lipinski definition) is 0. The summed E-state index contributed by atoms with van der Waals surface area (Å²) >= 11 is 6.39. The van der Waals surface area contributed by atoms with E-state index >= 15 is 0 Å². The summed E-state index contributed by atoms with van der Waals surface area (Å²) in [5, 5.41) is 1.35. The number of amides is 1. The molecule has 3 aromatic heterocycles. The summed E-state index contributed by atoms with van der Waals surface area (Å²) in [6.07, 6.45) is 6.19. The van der Waals surface area contributed by atoms with Gasteiger partial charge in [-0.3, -0.25) is 9.69 Å². The number of nitrogens with zero attached hydrogens (tertiary/aromatic N) is 5. The number of methoxy groups -OCH3 is 1. The van der Waals surface area contributed by atoms with Crippen LogP contribution in [0.2, 0.25) is 5.15 Å². The summed E-state index contributed by atoms with van der Waals surface area (Å²) in [5.74, 6) is 0.221. The van der Waals surface area contributed by atoms with Crippen LogP contribution in [-0.4, -0.2) is 33.0 Å². The molecule has 0 radical (unpaired) electrons. The molecule has 4 aromatic rings. The number of halogens is 2. The van der Waals surface area contributed by atoms with Crippen LogP contribution in [-0.2, 0) is 24.5 Å². The molecule has 0 N–H and O–H groups in total. The van der Waals surface area contributed by atoms with E-state index in [1.54, 1.807) is 0 Å². The first kappa shape index (κ1) is 22.8. The van der Waals surface area contributed by atoms with Crippen molar-refractivity contribution < 1.29 is 18.7 Å². The maximum atomic E-state index is 14.3. The monoisotopic (exact) mass is 505 g/mol. The lowest BCUT2D eigenvalue weighted by Gasteiger charge is -2.24. The van der Waals surface area contributed by atoms with Crippen LogP contribution in [0.15, 0.2) is 42.9 Å². The average Bonchev–Trinajstić information content (AvgIpc) is 3.62. The Kier molecular flexibility index (Phi) is 5.73. The Morgan fingerprint density at radius 1 is 1.14 bits per heavy atom. The molecule has 0 atom stereocenters. The Balaban J connectivity index is 1.40. The zero-order chi connectivity index (χ0) is 24.8. The third-order valence-corrected chi connectivity index (χ3v) is 6.75. The van der Waals surface area contributed by atoms with Crippen molar-refractivity contribution in [1.82, 2.24) is 19.9 Å². The molecule has 0 saturated heterocycles. The van der Waals surface area contributed by atoms with Gasteiger partial charge in [0.15, 0.2) is 0 Å². The summed E-state index contributed by atoms with van der Waals surface area (Å²) < 4.78 is 25.2.